The Labute approximate surface area is 102 Å². The number of halogens is 5. The molecule has 18 heavy (non-hydrogen) atoms. The van der Waals surface area contributed by atoms with Crippen molar-refractivity contribution in [3.63, 3.8) is 0 Å². The lowest BCUT2D eigenvalue weighted by atomic mass is 10.1. The van der Waals surface area contributed by atoms with E-state index in [0.717, 1.165) is 0 Å². The van der Waals surface area contributed by atoms with Crippen molar-refractivity contribution in [2.24, 2.45) is 0 Å². The molecule has 11 heteroatoms. The molecule has 0 radical (unpaired) electrons. The highest BCUT2D eigenvalue weighted by Gasteiger charge is 2.42. The van der Waals surface area contributed by atoms with Gasteiger partial charge in [-0.3, -0.25) is 10.1 Å². The molecule has 1 aromatic carbocycles. The van der Waals surface area contributed by atoms with Crippen LogP contribution in [0.4, 0.5) is 23.2 Å². The van der Waals surface area contributed by atoms with Crippen LogP contribution in [0.3, 0.4) is 0 Å². The number of benzene rings is 1. The molecule has 0 N–H and O–H groups in total. The van der Waals surface area contributed by atoms with Gasteiger partial charge in [0.15, 0.2) is 0 Å². The predicted molar refractivity (Wildman–Crippen MR) is 51.1 cm³/mol. The van der Waals surface area contributed by atoms with Crippen LogP contribution in [0.5, 0.6) is 0 Å². The Balaban J connectivity index is 3.75. The first-order valence-electron chi connectivity index (χ1n) is 3.95. The van der Waals surface area contributed by atoms with E-state index in [-0.39, 0.29) is 12.1 Å². The molecule has 0 aliphatic heterocycles. The summed E-state index contributed by atoms with van der Waals surface area (Å²) in [6, 6.07) is 0.296. The first-order valence-corrected chi connectivity index (χ1v) is 6.26. The molecule has 0 heterocycles. The van der Waals surface area contributed by atoms with Crippen molar-refractivity contribution < 1.29 is 30.9 Å². The third-order valence-electron chi connectivity index (χ3n) is 1.83. The van der Waals surface area contributed by atoms with Gasteiger partial charge in [-0.15, -0.1) is 0 Å². The van der Waals surface area contributed by atoms with E-state index in [0.29, 0.717) is 0 Å². The summed E-state index contributed by atoms with van der Waals surface area (Å²) in [6.45, 7) is 0. The Morgan fingerprint density at radius 3 is 2.11 bits per heavy atom. The maximum absolute atomic E-state index is 13.4. The Bertz CT molecular complexity index is 613. The van der Waals surface area contributed by atoms with Crippen LogP contribution in [0.25, 0.3) is 0 Å². The van der Waals surface area contributed by atoms with E-state index < -0.39 is 42.1 Å². The summed E-state index contributed by atoms with van der Waals surface area (Å²) in [5, 5.41) is 10.4. The molecule has 1 rings (SSSR count). The van der Waals surface area contributed by atoms with E-state index in [4.69, 9.17) is 10.7 Å². The van der Waals surface area contributed by atoms with Gasteiger partial charge in [-0.1, -0.05) is 0 Å². The standard InChI is InChI=1S/C7H2ClF4NO4S/c8-18(16,17)4-2-1-3(7(10,11)12)6(5(4)9)13(14)15/h1-2H. The van der Waals surface area contributed by atoms with Gasteiger partial charge in [0.25, 0.3) is 9.05 Å². The summed E-state index contributed by atoms with van der Waals surface area (Å²) in [7, 11) is 0.00913. The first kappa shape index (κ1) is 14.6. The third-order valence-corrected chi connectivity index (χ3v) is 3.17. The zero-order valence-corrected chi connectivity index (χ0v) is 9.61. The Hall–Kier alpha value is -1.42. The van der Waals surface area contributed by atoms with Crippen LogP contribution in [-0.2, 0) is 15.2 Å². The van der Waals surface area contributed by atoms with Gasteiger partial charge in [0, 0.05) is 10.7 Å². The van der Waals surface area contributed by atoms with Crippen LogP contribution < -0.4 is 0 Å². The van der Waals surface area contributed by atoms with Gasteiger partial charge in [-0.2, -0.15) is 17.6 Å². The SMILES string of the molecule is O=[N+]([O-])c1c(C(F)(F)F)ccc(S(=O)(=O)Cl)c1F. The van der Waals surface area contributed by atoms with Gasteiger partial charge >= 0.3 is 11.9 Å². The molecule has 0 saturated heterocycles. The lowest BCUT2D eigenvalue weighted by Crippen LogP contribution is -2.12. The minimum atomic E-state index is -5.20. The second kappa shape index (κ2) is 4.35. The van der Waals surface area contributed by atoms with Gasteiger partial charge in [0.1, 0.15) is 10.5 Å². The molecule has 0 aliphatic rings. The van der Waals surface area contributed by atoms with Crippen LogP contribution >= 0.6 is 10.7 Å². The largest absolute Gasteiger partial charge is 0.423 e. The average Bonchev–Trinajstić information content (AvgIpc) is 2.12. The molecule has 100 valence electrons. The van der Waals surface area contributed by atoms with Crippen LogP contribution in [-0.4, -0.2) is 13.3 Å². The van der Waals surface area contributed by atoms with Crippen LogP contribution in [0.2, 0.25) is 0 Å². The second-order valence-electron chi connectivity index (χ2n) is 2.97. The monoisotopic (exact) mass is 307 g/mol. The number of alkyl halides is 3. The smallest absolute Gasteiger partial charge is 0.258 e. The lowest BCUT2D eigenvalue weighted by molar-refractivity contribution is -0.391. The minimum absolute atomic E-state index is 0.0798. The summed E-state index contributed by atoms with van der Waals surface area (Å²) >= 11 is 0. The van der Waals surface area contributed by atoms with E-state index in [2.05, 4.69) is 0 Å². The van der Waals surface area contributed by atoms with E-state index in [1.165, 1.54) is 0 Å². The third kappa shape index (κ3) is 2.70. The van der Waals surface area contributed by atoms with Crippen molar-refractivity contribution in [3.05, 3.63) is 33.6 Å². The van der Waals surface area contributed by atoms with Crippen molar-refractivity contribution in [3.8, 4) is 0 Å². The molecular formula is C7H2ClF4NO4S. The first-order chi connectivity index (χ1) is 7.96. The maximum Gasteiger partial charge on any atom is 0.423 e. The lowest BCUT2D eigenvalue weighted by Gasteiger charge is -2.09. The highest BCUT2D eigenvalue weighted by Crippen LogP contribution is 2.39. The normalized spacial score (nSPS) is 12.5. The highest BCUT2D eigenvalue weighted by molar-refractivity contribution is 8.13. The topological polar surface area (TPSA) is 77.3 Å². The molecule has 5 nitrogen and oxygen atoms in total. The zero-order valence-electron chi connectivity index (χ0n) is 8.03. The molecule has 0 aromatic heterocycles. The molecule has 0 fully saturated rings. The summed E-state index contributed by atoms with van der Waals surface area (Å²) < 4.78 is 72.1. The fraction of sp³-hybridized carbons (Fsp3) is 0.143. The Morgan fingerprint density at radius 1 is 1.28 bits per heavy atom. The van der Waals surface area contributed by atoms with E-state index in [9.17, 15) is 36.1 Å². The number of nitro benzene ring substituents is 1. The summed E-state index contributed by atoms with van der Waals surface area (Å²) in [5.41, 5.74) is -3.88. The number of hydrogen-bond donors (Lipinski definition) is 0. The number of nitrogens with zero attached hydrogens (tertiary/aromatic N) is 1. The Kier molecular flexibility index (Phi) is 3.54. The van der Waals surface area contributed by atoms with Gasteiger partial charge < -0.3 is 0 Å². The molecule has 0 bridgehead atoms. The van der Waals surface area contributed by atoms with Crippen molar-refractivity contribution in [2.45, 2.75) is 11.1 Å². The molecule has 0 amide bonds. The van der Waals surface area contributed by atoms with Crippen molar-refractivity contribution in [1.29, 1.82) is 0 Å². The predicted octanol–water partition coefficient (Wildman–Crippen LogP) is 2.68. The molecule has 0 aliphatic carbocycles. The van der Waals surface area contributed by atoms with Gasteiger partial charge in [-0.05, 0) is 12.1 Å². The average molecular weight is 308 g/mol. The van der Waals surface area contributed by atoms with Crippen LogP contribution in [0, 0.1) is 15.9 Å². The fourth-order valence-corrected chi connectivity index (χ4v) is 2.04. The zero-order chi connectivity index (χ0) is 14.3. The van der Waals surface area contributed by atoms with Crippen molar-refractivity contribution in [1.82, 2.24) is 0 Å². The highest BCUT2D eigenvalue weighted by atomic mass is 35.7. The molecule has 0 saturated carbocycles. The van der Waals surface area contributed by atoms with Crippen LogP contribution in [0.1, 0.15) is 5.56 Å². The van der Waals surface area contributed by atoms with E-state index in [1.54, 1.807) is 0 Å². The van der Waals surface area contributed by atoms with Gasteiger partial charge in [0.05, 0.1) is 4.92 Å². The molecule has 0 spiro atoms. The quantitative estimate of drug-likeness (QED) is 0.364. The fourth-order valence-electron chi connectivity index (χ4n) is 1.14. The maximum atomic E-state index is 13.4. The minimum Gasteiger partial charge on any atom is -0.258 e. The number of nitro groups is 1. The molecule has 0 unspecified atom stereocenters. The second-order valence-corrected chi connectivity index (χ2v) is 5.50. The van der Waals surface area contributed by atoms with Crippen molar-refractivity contribution in [2.75, 3.05) is 0 Å². The summed E-state index contributed by atoms with van der Waals surface area (Å²) in [5.74, 6) is -2.15. The van der Waals surface area contributed by atoms with E-state index in [1.807, 2.05) is 0 Å². The van der Waals surface area contributed by atoms with Gasteiger partial charge in [0.2, 0.25) is 5.82 Å². The van der Waals surface area contributed by atoms with Crippen LogP contribution in [0.15, 0.2) is 17.0 Å². The Morgan fingerprint density at radius 2 is 1.78 bits per heavy atom. The molecular weight excluding hydrogens is 306 g/mol. The number of hydrogen-bond acceptors (Lipinski definition) is 4. The number of rotatable bonds is 2. The molecule has 0 atom stereocenters. The van der Waals surface area contributed by atoms with Crippen molar-refractivity contribution >= 4 is 25.4 Å². The van der Waals surface area contributed by atoms with E-state index >= 15 is 0 Å². The van der Waals surface area contributed by atoms with Gasteiger partial charge in [-0.25, -0.2) is 8.42 Å². The molecule has 1 aromatic rings. The summed E-state index contributed by atoms with van der Waals surface area (Å²) in [4.78, 5) is 7.35. The summed E-state index contributed by atoms with van der Waals surface area (Å²) in [6.07, 6.45) is -5.20.